The first-order valence-corrected chi connectivity index (χ1v) is 6.92. The van der Waals surface area contributed by atoms with Gasteiger partial charge in [0.2, 0.25) is 17.1 Å². The summed E-state index contributed by atoms with van der Waals surface area (Å²) in [6, 6.07) is 4.90. The van der Waals surface area contributed by atoms with Gasteiger partial charge in [-0.3, -0.25) is 9.59 Å². The summed E-state index contributed by atoms with van der Waals surface area (Å²) >= 11 is 0. The van der Waals surface area contributed by atoms with E-state index in [1.807, 2.05) is 0 Å². The van der Waals surface area contributed by atoms with Gasteiger partial charge in [0, 0.05) is 18.8 Å². The maximum atomic E-state index is 13.2. The lowest BCUT2D eigenvalue weighted by Gasteiger charge is -2.27. The molecule has 0 fully saturated rings. The highest BCUT2D eigenvalue weighted by Crippen LogP contribution is 2.42. The number of carbonyl (C=O) groups is 1. The molecule has 1 atom stereocenters. The van der Waals surface area contributed by atoms with Crippen molar-refractivity contribution >= 4 is 5.91 Å². The van der Waals surface area contributed by atoms with E-state index in [2.05, 4.69) is 10.3 Å². The molecule has 0 saturated heterocycles. The molecule has 0 saturated carbocycles. The molecule has 9 heteroatoms. The Hall–Kier alpha value is -2.55. The van der Waals surface area contributed by atoms with Crippen LogP contribution in [0.5, 0.6) is 0 Å². The number of amides is 1. The first-order chi connectivity index (χ1) is 11.1. The van der Waals surface area contributed by atoms with E-state index in [0.717, 1.165) is 6.07 Å². The van der Waals surface area contributed by atoms with E-state index in [9.17, 15) is 27.9 Å². The van der Waals surface area contributed by atoms with Gasteiger partial charge in [0.1, 0.15) is 11.5 Å². The van der Waals surface area contributed by atoms with E-state index < -0.39 is 29.9 Å². The summed E-state index contributed by atoms with van der Waals surface area (Å²) in [7, 11) is 0. The number of aromatic amines is 1. The summed E-state index contributed by atoms with van der Waals surface area (Å²) in [5.74, 6) is -1.58. The van der Waals surface area contributed by atoms with Crippen LogP contribution in [0.1, 0.15) is 23.5 Å². The molecule has 0 aliphatic heterocycles. The molecule has 0 aromatic carbocycles. The second kappa shape index (κ2) is 6.52. The van der Waals surface area contributed by atoms with Gasteiger partial charge >= 0.3 is 6.18 Å². The lowest BCUT2D eigenvalue weighted by atomic mass is 9.95. The van der Waals surface area contributed by atoms with Gasteiger partial charge in [-0.25, -0.2) is 0 Å². The maximum absolute atomic E-state index is 13.2. The van der Waals surface area contributed by atoms with E-state index >= 15 is 0 Å². The minimum Gasteiger partial charge on any atom is -0.463 e. The van der Waals surface area contributed by atoms with Crippen molar-refractivity contribution in [3.63, 3.8) is 0 Å². The van der Waals surface area contributed by atoms with Crippen LogP contribution >= 0.6 is 0 Å². The van der Waals surface area contributed by atoms with Crippen LogP contribution in [0.4, 0.5) is 13.2 Å². The molecule has 0 aliphatic rings. The van der Waals surface area contributed by atoms with Gasteiger partial charge in [-0.15, -0.1) is 0 Å². The van der Waals surface area contributed by atoms with Gasteiger partial charge in [0.15, 0.2) is 0 Å². The average Bonchev–Trinajstić information content (AvgIpc) is 2.92. The van der Waals surface area contributed by atoms with Crippen LogP contribution < -0.4 is 10.9 Å². The van der Waals surface area contributed by atoms with Gasteiger partial charge in [-0.2, -0.15) is 13.2 Å². The number of halogens is 3. The lowest BCUT2D eigenvalue weighted by Crippen LogP contribution is -2.45. The lowest BCUT2D eigenvalue weighted by molar-refractivity contribution is -0.273. The Morgan fingerprint density at radius 1 is 1.29 bits per heavy atom. The van der Waals surface area contributed by atoms with Crippen molar-refractivity contribution in [3.8, 4) is 0 Å². The molecule has 2 aromatic rings. The summed E-state index contributed by atoms with van der Waals surface area (Å²) in [6.07, 6.45) is -5.01. The zero-order valence-corrected chi connectivity index (χ0v) is 12.6. The van der Waals surface area contributed by atoms with Crippen molar-refractivity contribution in [3.05, 3.63) is 57.9 Å². The smallest absolute Gasteiger partial charge is 0.425 e. The molecule has 1 amide bonds. The fraction of sp³-hybridized carbons (Fsp3) is 0.333. The van der Waals surface area contributed by atoms with Gasteiger partial charge in [-0.05, 0) is 24.6 Å². The van der Waals surface area contributed by atoms with Crippen molar-refractivity contribution < 1.29 is 27.5 Å². The third-order valence-electron chi connectivity index (χ3n) is 3.37. The van der Waals surface area contributed by atoms with Gasteiger partial charge in [-0.1, -0.05) is 6.07 Å². The Bertz CT molecular complexity index is 761. The average molecular weight is 344 g/mol. The molecular weight excluding hydrogens is 329 g/mol. The van der Waals surface area contributed by atoms with Crippen molar-refractivity contribution in [2.45, 2.75) is 31.7 Å². The standard InChI is InChI=1S/C15H15F3N2O4/c1-9-2-4-11(24-9)14(23,15(16,17)18)6-13(22)20-8-10-3-5-12(21)19-7-10/h2-5,7,23H,6,8H2,1H3,(H,19,21)(H,20,22). The maximum Gasteiger partial charge on any atom is 0.425 e. The van der Waals surface area contributed by atoms with Crippen LogP contribution in [0, 0.1) is 6.92 Å². The number of pyridine rings is 1. The molecule has 0 spiro atoms. The third-order valence-corrected chi connectivity index (χ3v) is 3.37. The number of hydrogen-bond acceptors (Lipinski definition) is 4. The van der Waals surface area contributed by atoms with E-state index in [1.54, 1.807) is 0 Å². The van der Waals surface area contributed by atoms with E-state index in [-0.39, 0.29) is 17.9 Å². The summed E-state index contributed by atoms with van der Waals surface area (Å²) in [4.78, 5) is 25.1. The van der Waals surface area contributed by atoms with E-state index in [1.165, 1.54) is 31.3 Å². The molecular formula is C15H15F3N2O4. The SMILES string of the molecule is Cc1ccc(C(O)(CC(=O)NCc2ccc(=O)[nH]c2)C(F)(F)F)o1. The van der Waals surface area contributed by atoms with Crippen LogP contribution in [-0.4, -0.2) is 22.2 Å². The molecule has 130 valence electrons. The second-order valence-corrected chi connectivity index (χ2v) is 5.28. The molecule has 2 rings (SSSR count). The highest BCUT2D eigenvalue weighted by atomic mass is 19.4. The van der Waals surface area contributed by atoms with Crippen LogP contribution in [-0.2, 0) is 16.9 Å². The van der Waals surface area contributed by atoms with Gasteiger partial charge in [0.05, 0.1) is 6.42 Å². The molecule has 1 unspecified atom stereocenters. The van der Waals surface area contributed by atoms with E-state index in [0.29, 0.717) is 5.56 Å². The van der Waals surface area contributed by atoms with Crippen molar-refractivity contribution in [1.29, 1.82) is 0 Å². The van der Waals surface area contributed by atoms with Crippen LogP contribution in [0.3, 0.4) is 0 Å². The molecule has 6 nitrogen and oxygen atoms in total. The largest absolute Gasteiger partial charge is 0.463 e. The van der Waals surface area contributed by atoms with Crippen LogP contribution in [0.2, 0.25) is 0 Å². The Kier molecular flexibility index (Phi) is 4.83. The number of aryl methyl sites for hydroxylation is 1. The number of aliphatic hydroxyl groups is 1. The normalized spacial score (nSPS) is 14.2. The summed E-state index contributed by atoms with van der Waals surface area (Å²) in [5.41, 5.74) is -3.27. The van der Waals surface area contributed by atoms with Gasteiger partial charge < -0.3 is 19.8 Å². The third kappa shape index (κ3) is 3.85. The number of nitrogens with one attached hydrogen (secondary N) is 2. The summed E-state index contributed by atoms with van der Waals surface area (Å²) in [6.45, 7) is 1.33. The first kappa shape index (κ1) is 17.8. The minimum absolute atomic E-state index is 0.0965. The van der Waals surface area contributed by atoms with Crippen LogP contribution in [0.15, 0.2) is 39.7 Å². The Balaban J connectivity index is 2.10. The van der Waals surface area contributed by atoms with E-state index in [4.69, 9.17) is 4.42 Å². The summed E-state index contributed by atoms with van der Waals surface area (Å²) in [5, 5.41) is 12.3. The molecule has 0 aliphatic carbocycles. The van der Waals surface area contributed by atoms with Gasteiger partial charge in [0.25, 0.3) is 0 Å². The molecule has 24 heavy (non-hydrogen) atoms. The number of rotatable bonds is 5. The Morgan fingerprint density at radius 3 is 2.50 bits per heavy atom. The van der Waals surface area contributed by atoms with Crippen molar-refractivity contribution in [2.24, 2.45) is 0 Å². The predicted molar refractivity (Wildman–Crippen MR) is 76.9 cm³/mol. The fourth-order valence-corrected chi connectivity index (χ4v) is 2.03. The zero-order chi connectivity index (χ0) is 18.0. The fourth-order valence-electron chi connectivity index (χ4n) is 2.03. The predicted octanol–water partition coefficient (Wildman–Crippen LogP) is 1.73. The zero-order valence-electron chi connectivity index (χ0n) is 12.6. The topological polar surface area (TPSA) is 95.3 Å². The van der Waals surface area contributed by atoms with Crippen molar-refractivity contribution in [1.82, 2.24) is 10.3 Å². The highest BCUT2D eigenvalue weighted by molar-refractivity contribution is 5.77. The monoisotopic (exact) mass is 344 g/mol. The molecule has 2 heterocycles. The number of H-pyrrole nitrogens is 1. The summed E-state index contributed by atoms with van der Waals surface area (Å²) < 4.78 is 44.6. The second-order valence-electron chi connectivity index (χ2n) is 5.28. The van der Waals surface area contributed by atoms with Crippen LogP contribution in [0.25, 0.3) is 0 Å². The highest BCUT2D eigenvalue weighted by Gasteiger charge is 2.58. The van der Waals surface area contributed by atoms with Crippen molar-refractivity contribution in [2.75, 3.05) is 0 Å². The quantitative estimate of drug-likeness (QED) is 0.770. The minimum atomic E-state index is -5.09. The molecule has 0 radical (unpaired) electrons. The number of aromatic nitrogens is 1. The number of alkyl halides is 3. The number of hydrogen-bond donors (Lipinski definition) is 3. The molecule has 3 N–H and O–H groups in total. The first-order valence-electron chi connectivity index (χ1n) is 6.92. The molecule has 0 bridgehead atoms. The number of furan rings is 1. The number of carbonyl (C=O) groups excluding carboxylic acids is 1. The molecule has 2 aromatic heterocycles. The Labute approximate surface area is 134 Å². The Morgan fingerprint density at radius 2 is 2.00 bits per heavy atom.